The summed E-state index contributed by atoms with van der Waals surface area (Å²) < 4.78 is 47.1. The van der Waals surface area contributed by atoms with Crippen LogP contribution in [-0.2, 0) is 14.3 Å². The highest BCUT2D eigenvalue weighted by molar-refractivity contribution is 5.86. The third kappa shape index (κ3) is 4.91. The van der Waals surface area contributed by atoms with Gasteiger partial charge in [-0.3, -0.25) is 9.59 Å². The summed E-state index contributed by atoms with van der Waals surface area (Å²) in [5.41, 5.74) is 0.315. The highest BCUT2D eigenvalue weighted by Crippen LogP contribution is 2.52. The summed E-state index contributed by atoms with van der Waals surface area (Å²) in [7, 11) is 0. The smallest absolute Gasteiger partial charge is 0.480 e. The second kappa shape index (κ2) is 7.75. The van der Waals surface area contributed by atoms with Crippen molar-refractivity contribution in [2.24, 2.45) is 5.92 Å². The molecule has 27 heavy (non-hydrogen) atoms. The number of carboxylic acid groups (broad SMARTS) is 1. The van der Waals surface area contributed by atoms with Gasteiger partial charge in [-0.25, -0.2) is 0 Å². The van der Waals surface area contributed by atoms with Gasteiger partial charge in [-0.15, -0.1) is 13.2 Å². The van der Waals surface area contributed by atoms with Gasteiger partial charge in [0.1, 0.15) is 12.3 Å². The number of halogens is 3. The van der Waals surface area contributed by atoms with Gasteiger partial charge in [-0.05, 0) is 36.8 Å². The molecule has 0 bridgehead atoms. The fourth-order valence-corrected chi connectivity index (χ4v) is 3.56. The molecule has 3 rings (SSSR count). The molecule has 2 fully saturated rings. The van der Waals surface area contributed by atoms with Crippen molar-refractivity contribution in [1.82, 2.24) is 4.90 Å². The highest BCUT2D eigenvalue weighted by atomic mass is 19.4. The quantitative estimate of drug-likeness (QED) is 0.812. The van der Waals surface area contributed by atoms with Crippen molar-refractivity contribution in [1.29, 1.82) is 0 Å². The number of hydrogen-bond acceptors (Lipinski definition) is 4. The van der Waals surface area contributed by atoms with E-state index in [1.165, 1.54) is 23.1 Å². The number of hydrogen-bond donors (Lipinski definition) is 1. The Balaban J connectivity index is 1.74. The number of nitrogens with zero attached hydrogens (tertiary/aromatic N) is 1. The van der Waals surface area contributed by atoms with Crippen LogP contribution in [0.2, 0.25) is 0 Å². The summed E-state index contributed by atoms with van der Waals surface area (Å²) in [4.78, 5) is 25.4. The molecule has 1 saturated carbocycles. The van der Waals surface area contributed by atoms with Crippen LogP contribution in [0.25, 0.3) is 0 Å². The van der Waals surface area contributed by atoms with Crippen LogP contribution in [-0.4, -0.2) is 54.0 Å². The van der Waals surface area contributed by atoms with Crippen molar-refractivity contribution in [2.75, 3.05) is 19.8 Å². The monoisotopic (exact) mass is 387 g/mol. The zero-order valence-electron chi connectivity index (χ0n) is 14.4. The number of aliphatic carboxylic acids is 1. The third-order valence-electron chi connectivity index (χ3n) is 4.87. The molecule has 0 aromatic heterocycles. The van der Waals surface area contributed by atoms with Gasteiger partial charge in [0.25, 0.3) is 0 Å². The van der Waals surface area contributed by atoms with Crippen molar-refractivity contribution in [2.45, 2.75) is 37.6 Å². The van der Waals surface area contributed by atoms with E-state index in [9.17, 15) is 22.8 Å². The van der Waals surface area contributed by atoms with E-state index in [0.29, 0.717) is 38.0 Å². The van der Waals surface area contributed by atoms with E-state index in [4.69, 9.17) is 9.84 Å². The largest absolute Gasteiger partial charge is 0.573 e. The first kappa shape index (κ1) is 19.5. The molecule has 148 valence electrons. The van der Waals surface area contributed by atoms with Gasteiger partial charge < -0.3 is 19.5 Å². The van der Waals surface area contributed by atoms with E-state index in [1.54, 1.807) is 6.07 Å². The molecule has 1 aromatic carbocycles. The van der Waals surface area contributed by atoms with Gasteiger partial charge in [0.15, 0.2) is 0 Å². The average molecular weight is 387 g/mol. The lowest BCUT2D eigenvalue weighted by Crippen LogP contribution is -2.46. The molecule has 2 unspecified atom stereocenters. The number of benzene rings is 1. The number of rotatable bonds is 6. The van der Waals surface area contributed by atoms with Crippen LogP contribution in [0, 0.1) is 5.92 Å². The minimum atomic E-state index is -4.82. The van der Waals surface area contributed by atoms with Gasteiger partial charge in [0, 0.05) is 25.2 Å². The van der Waals surface area contributed by atoms with Crippen molar-refractivity contribution in [3.63, 3.8) is 0 Å². The number of amides is 1. The number of carbonyl (C=O) groups excluding carboxylic acids is 1. The van der Waals surface area contributed by atoms with Gasteiger partial charge in [0.05, 0.1) is 0 Å². The number of alkyl halides is 3. The van der Waals surface area contributed by atoms with Crippen LogP contribution in [0.4, 0.5) is 13.2 Å². The van der Waals surface area contributed by atoms with Crippen LogP contribution >= 0.6 is 0 Å². The summed E-state index contributed by atoms with van der Waals surface area (Å²) in [5, 5.41) is 9.15. The summed E-state index contributed by atoms with van der Waals surface area (Å²) in [6.45, 7) is 0.474. The molecule has 1 heterocycles. The first-order chi connectivity index (χ1) is 12.8. The average Bonchev–Trinajstić information content (AvgIpc) is 3.39. The van der Waals surface area contributed by atoms with Crippen LogP contribution in [0.5, 0.6) is 5.75 Å². The molecule has 2 atom stereocenters. The number of para-hydroxylation sites is 1. The maximum absolute atomic E-state index is 12.9. The molecular formula is C18H20F3NO5. The Hall–Kier alpha value is -2.29. The lowest BCUT2D eigenvalue weighted by Gasteiger charge is -2.33. The fourth-order valence-electron chi connectivity index (χ4n) is 3.56. The molecule has 0 spiro atoms. The van der Waals surface area contributed by atoms with E-state index in [0.717, 1.165) is 0 Å². The van der Waals surface area contributed by atoms with Crippen LogP contribution < -0.4 is 4.74 Å². The van der Waals surface area contributed by atoms with Gasteiger partial charge in [0.2, 0.25) is 5.91 Å². The van der Waals surface area contributed by atoms with E-state index in [-0.39, 0.29) is 17.7 Å². The fraction of sp³-hybridized carbons (Fsp3) is 0.556. The summed E-state index contributed by atoms with van der Waals surface area (Å²) in [6.07, 6.45) is -3.35. The molecule has 1 aromatic rings. The van der Waals surface area contributed by atoms with Gasteiger partial charge >= 0.3 is 12.3 Å². The van der Waals surface area contributed by atoms with Gasteiger partial charge in [-0.2, -0.15) is 0 Å². The molecule has 1 saturated heterocycles. The van der Waals surface area contributed by atoms with Crippen molar-refractivity contribution < 1.29 is 37.3 Å². The van der Waals surface area contributed by atoms with E-state index in [1.807, 2.05) is 0 Å². The Labute approximate surface area is 153 Å². The normalized spacial score (nSPS) is 22.9. The Kier molecular flexibility index (Phi) is 5.59. The van der Waals surface area contributed by atoms with Crippen LogP contribution in [0.3, 0.4) is 0 Å². The topological polar surface area (TPSA) is 76.1 Å². The molecule has 1 N–H and O–H groups in total. The standard InChI is InChI=1S/C18H20F3NO5/c19-18(20,21)27-15-4-2-1-3-12(15)13-9-14(13)17(25)22(10-16(23)24)11-5-7-26-8-6-11/h1-4,11,13-14H,5-10H2,(H,23,24). The summed E-state index contributed by atoms with van der Waals surface area (Å²) >= 11 is 0. The zero-order chi connectivity index (χ0) is 19.6. The molecular weight excluding hydrogens is 367 g/mol. The Morgan fingerprint density at radius 2 is 1.89 bits per heavy atom. The molecule has 1 amide bonds. The van der Waals surface area contributed by atoms with Crippen LogP contribution in [0.1, 0.15) is 30.7 Å². The number of carboxylic acids is 1. The second-order valence-electron chi connectivity index (χ2n) is 6.74. The Morgan fingerprint density at radius 1 is 1.22 bits per heavy atom. The first-order valence-electron chi connectivity index (χ1n) is 8.71. The van der Waals surface area contributed by atoms with E-state index in [2.05, 4.69) is 4.74 Å². The van der Waals surface area contributed by atoms with Crippen molar-refractivity contribution in [3.8, 4) is 5.75 Å². The molecule has 0 radical (unpaired) electrons. The number of ether oxygens (including phenoxy) is 2. The Bertz CT molecular complexity index is 702. The molecule has 1 aliphatic heterocycles. The lowest BCUT2D eigenvalue weighted by atomic mass is 10.0. The van der Waals surface area contributed by atoms with E-state index >= 15 is 0 Å². The molecule has 2 aliphatic rings. The highest BCUT2D eigenvalue weighted by Gasteiger charge is 2.49. The molecule has 9 heteroatoms. The predicted octanol–water partition coefficient (Wildman–Crippen LogP) is 2.78. The summed E-state index contributed by atoms with van der Waals surface area (Å²) in [5.74, 6) is -2.72. The Morgan fingerprint density at radius 3 is 2.52 bits per heavy atom. The minimum absolute atomic E-state index is 0.231. The van der Waals surface area contributed by atoms with Crippen LogP contribution in [0.15, 0.2) is 24.3 Å². The third-order valence-corrected chi connectivity index (χ3v) is 4.87. The van der Waals surface area contributed by atoms with Gasteiger partial charge in [-0.1, -0.05) is 18.2 Å². The lowest BCUT2D eigenvalue weighted by molar-refractivity contribution is -0.274. The van der Waals surface area contributed by atoms with E-state index < -0.39 is 30.7 Å². The van der Waals surface area contributed by atoms with Crippen molar-refractivity contribution in [3.05, 3.63) is 29.8 Å². The molecule has 6 nitrogen and oxygen atoms in total. The number of carbonyl (C=O) groups is 2. The molecule has 1 aliphatic carbocycles. The second-order valence-corrected chi connectivity index (χ2v) is 6.74. The minimum Gasteiger partial charge on any atom is -0.480 e. The summed E-state index contributed by atoms with van der Waals surface area (Å²) in [6, 6.07) is 5.52. The van der Waals surface area contributed by atoms with Crippen molar-refractivity contribution >= 4 is 11.9 Å². The predicted molar refractivity (Wildman–Crippen MR) is 87.2 cm³/mol. The SMILES string of the molecule is O=C(O)CN(C(=O)C1CC1c1ccccc1OC(F)(F)F)C1CCOCC1. The maximum atomic E-state index is 12.9. The zero-order valence-corrected chi connectivity index (χ0v) is 14.4. The first-order valence-corrected chi connectivity index (χ1v) is 8.71. The maximum Gasteiger partial charge on any atom is 0.573 e.